The van der Waals surface area contributed by atoms with Crippen LogP contribution >= 0.6 is 11.3 Å². The number of carbonyl (C=O) groups is 1. The molecule has 0 aromatic carbocycles. The van der Waals surface area contributed by atoms with E-state index in [9.17, 15) is 4.79 Å². The van der Waals surface area contributed by atoms with Gasteiger partial charge >= 0.3 is 0 Å². The molecule has 0 bridgehead atoms. The molecule has 0 spiro atoms. The Bertz CT molecular complexity index is 339. The van der Waals surface area contributed by atoms with E-state index in [-0.39, 0.29) is 5.91 Å². The van der Waals surface area contributed by atoms with E-state index in [1.54, 1.807) is 18.3 Å². The molecule has 5 heteroatoms. The third kappa shape index (κ3) is 3.02. The van der Waals surface area contributed by atoms with Crippen LogP contribution in [-0.4, -0.2) is 46.9 Å². The lowest BCUT2D eigenvalue weighted by Gasteiger charge is -2.20. The fourth-order valence-electron chi connectivity index (χ4n) is 1.98. The van der Waals surface area contributed by atoms with Crippen LogP contribution in [0.5, 0.6) is 0 Å². The minimum Gasteiger partial charge on any atom is -0.342 e. The first-order valence-corrected chi connectivity index (χ1v) is 6.49. The number of amides is 1. The first-order chi connectivity index (χ1) is 7.75. The first-order valence-electron chi connectivity index (χ1n) is 5.61. The summed E-state index contributed by atoms with van der Waals surface area (Å²) in [5, 5.41) is 0. The molecule has 1 aromatic heterocycles. The summed E-state index contributed by atoms with van der Waals surface area (Å²) in [6.07, 6.45) is 3.00. The molecule has 2 heterocycles. The van der Waals surface area contributed by atoms with E-state index >= 15 is 0 Å². The molecule has 1 amide bonds. The first kappa shape index (κ1) is 11.5. The standard InChI is InChI=1S/C11H17N3OS/c1-10(15)14-4-2-3-13(5-6-14)8-11-7-12-9-16-11/h7,9H,2-6,8H2,1H3. The molecule has 4 nitrogen and oxygen atoms in total. The van der Waals surface area contributed by atoms with Crippen LogP contribution in [0, 0.1) is 0 Å². The minimum absolute atomic E-state index is 0.194. The van der Waals surface area contributed by atoms with Crippen LogP contribution in [0.2, 0.25) is 0 Å². The lowest BCUT2D eigenvalue weighted by atomic mass is 10.3. The smallest absolute Gasteiger partial charge is 0.219 e. The highest BCUT2D eigenvalue weighted by Gasteiger charge is 2.16. The van der Waals surface area contributed by atoms with Crippen LogP contribution < -0.4 is 0 Å². The van der Waals surface area contributed by atoms with E-state index in [4.69, 9.17) is 0 Å². The van der Waals surface area contributed by atoms with Gasteiger partial charge in [0.05, 0.1) is 5.51 Å². The second kappa shape index (κ2) is 5.41. The van der Waals surface area contributed by atoms with Crippen LogP contribution in [0.4, 0.5) is 0 Å². The number of carbonyl (C=O) groups excluding carboxylic acids is 1. The van der Waals surface area contributed by atoms with Gasteiger partial charge in [0, 0.05) is 50.7 Å². The fourth-order valence-corrected chi connectivity index (χ4v) is 2.62. The van der Waals surface area contributed by atoms with E-state index in [0.29, 0.717) is 0 Å². The summed E-state index contributed by atoms with van der Waals surface area (Å²) < 4.78 is 0. The Kier molecular flexibility index (Phi) is 3.90. The Balaban J connectivity index is 1.86. The summed E-state index contributed by atoms with van der Waals surface area (Å²) in [4.78, 5) is 21.0. The molecule has 0 N–H and O–H groups in total. The molecule has 0 unspecified atom stereocenters. The number of hydrogen-bond acceptors (Lipinski definition) is 4. The van der Waals surface area contributed by atoms with Gasteiger partial charge in [0.15, 0.2) is 0 Å². The lowest BCUT2D eigenvalue weighted by Crippen LogP contribution is -2.33. The average molecular weight is 239 g/mol. The summed E-state index contributed by atoms with van der Waals surface area (Å²) in [5.74, 6) is 0.194. The molecule has 1 saturated heterocycles. The van der Waals surface area contributed by atoms with Gasteiger partial charge in [-0.25, -0.2) is 0 Å². The maximum Gasteiger partial charge on any atom is 0.219 e. The SMILES string of the molecule is CC(=O)N1CCCN(Cc2cncs2)CC1. The Morgan fingerprint density at radius 3 is 3.00 bits per heavy atom. The van der Waals surface area contributed by atoms with Gasteiger partial charge in [0.2, 0.25) is 5.91 Å². The number of rotatable bonds is 2. The van der Waals surface area contributed by atoms with E-state index in [1.165, 1.54) is 4.88 Å². The monoisotopic (exact) mass is 239 g/mol. The molecule has 1 aliphatic rings. The summed E-state index contributed by atoms with van der Waals surface area (Å²) in [7, 11) is 0. The maximum absolute atomic E-state index is 11.3. The quantitative estimate of drug-likeness (QED) is 0.778. The summed E-state index contributed by atoms with van der Waals surface area (Å²) in [6, 6.07) is 0. The highest BCUT2D eigenvalue weighted by atomic mass is 32.1. The molecule has 0 saturated carbocycles. The predicted molar refractivity (Wildman–Crippen MR) is 64.3 cm³/mol. The Morgan fingerprint density at radius 1 is 1.44 bits per heavy atom. The van der Waals surface area contributed by atoms with Gasteiger partial charge < -0.3 is 4.90 Å². The van der Waals surface area contributed by atoms with E-state index in [0.717, 1.165) is 39.1 Å². The van der Waals surface area contributed by atoms with Crippen molar-refractivity contribution in [3.8, 4) is 0 Å². The molecule has 0 atom stereocenters. The van der Waals surface area contributed by atoms with Gasteiger partial charge in [-0.15, -0.1) is 11.3 Å². The van der Waals surface area contributed by atoms with E-state index < -0.39 is 0 Å². The normalized spacial score (nSPS) is 18.4. The van der Waals surface area contributed by atoms with Crippen LogP contribution in [0.1, 0.15) is 18.2 Å². The summed E-state index contributed by atoms with van der Waals surface area (Å²) in [5.41, 5.74) is 1.87. The van der Waals surface area contributed by atoms with Crippen LogP contribution in [0.15, 0.2) is 11.7 Å². The van der Waals surface area contributed by atoms with Crippen molar-refractivity contribution in [1.82, 2.24) is 14.8 Å². The van der Waals surface area contributed by atoms with Gasteiger partial charge in [-0.05, 0) is 6.42 Å². The van der Waals surface area contributed by atoms with Gasteiger partial charge in [-0.2, -0.15) is 0 Å². The highest BCUT2D eigenvalue weighted by molar-refractivity contribution is 7.09. The molecular weight excluding hydrogens is 222 g/mol. The van der Waals surface area contributed by atoms with Crippen molar-refractivity contribution in [2.24, 2.45) is 0 Å². The highest BCUT2D eigenvalue weighted by Crippen LogP contribution is 2.12. The van der Waals surface area contributed by atoms with E-state index in [2.05, 4.69) is 9.88 Å². The van der Waals surface area contributed by atoms with Crippen molar-refractivity contribution in [1.29, 1.82) is 0 Å². The van der Waals surface area contributed by atoms with E-state index in [1.807, 2.05) is 16.6 Å². The average Bonchev–Trinajstić information content (AvgIpc) is 2.63. The van der Waals surface area contributed by atoms with Crippen molar-refractivity contribution < 1.29 is 4.79 Å². The van der Waals surface area contributed by atoms with Crippen LogP contribution in [0.25, 0.3) is 0 Å². The maximum atomic E-state index is 11.3. The molecule has 1 aliphatic heterocycles. The van der Waals surface area contributed by atoms with Crippen LogP contribution in [-0.2, 0) is 11.3 Å². The molecule has 1 aromatic rings. The number of nitrogens with zero attached hydrogens (tertiary/aromatic N) is 3. The van der Waals surface area contributed by atoms with Crippen molar-refractivity contribution in [3.63, 3.8) is 0 Å². The van der Waals surface area contributed by atoms with Gasteiger partial charge in [-0.1, -0.05) is 0 Å². The molecule has 0 radical (unpaired) electrons. The number of thiazole rings is 1. The van der Waals surface area contributed by atoms with Crippen molar-refractivity contribution in [2.45, 2.75) is 19.9 Å². The summed E-state index contributed by atoms with van der Waals surface area (Å²) >= 11 is 1.70. The predicted octanol–water partition coefficient (Wildman–Crippen LogP) is 1.20. The Labute approximate surface area is 99.9 Å². The third-order valence-electron chi connectivity index (χ3n) is 2.90. The Hall–Kier alpha value is -0.940. The molecular formula is C11H17N3OS. The van der Waals surface area contributed by atoms with Crippen LogP contribution in [0.3, 0.4) is 0 Å². The second-order valence-corrected chi connectivity index (χ2v) is 5.07. The fraction of sp³-hybridized carbons (Fsp3) is 0.636. The van der Waals surface area contributed by atoms with Crippen molar-refractivity contribution in [3.05, 3.63) is 16.6 Å². The van der Waals surface area contributed by atoms with Crippen molar-refractivity contribution >= 4 is 17.2 Å². The molecule has 0 aliphatic carbocycles. The lowest BCUT2D eigenvalue weighted by molar-refractivity contribution is -0.128. The second-order valence-electron chi connectivity index (χ2n) is 4.10. The largest absolute Gasteiger partial charge is 0.342 e. The van der Waals surface area contributed by atoms with Gasteiger partial charge in [0.25, 0.3) is 0 Å². The third-order valence-corrected chi connectivity index (χ3v) is 3.66. The number of aromatic nitrogens is 1. The summed E-state index contributed by atoms with van der Waals surface area (Å²) in [6.45, 7) is 6.41. The zero-order valence-electron chi connectivity index (χ0n) is 9.56. The zero-order chi connectivity index (χ0) is 11.4. The van der Waals surface area contributed by atoms with Gasteiger partial charge in [0.1, 0.15) is 0 Å². The molecule has 16 heavy (non-hydrogen) atoms. The minimum atomic E-state index is 0.194. The molecule has 2 rings (SSSR count). The topological polar surface area (TPSA) is 36.4 Å². The molecule has 88 valence electrons. The van der Waals surface area contributed by atoms with Crippen molar-refractivity contribution in [2.75, 3.05) is 26.2 Å². The van der Waals surface area contributed by atoms with Gasteiger partial charge in [-0.3, -0.25) is 14.7 Å². The number of hydrogen-bond donors (Lipinski definition) is 0. The molecule has 1 fully saturated rings. The zero-order valence-corrected chi connectivity index (χ0v) is 10.4. The Morgan fingerprint density at radius 2 is 2.31 bits per heavy atom.